The molecule has 0 atom stereocenters. The van der Waals surface area contributed by atoms with Crippen molar-refractivity contribution in [3.63, 3.8) is 0 Å². The first-order valence-electron chi connectivity index (χ1n) is 43.0. The van der Waals surface area contributed by atoms with Gasteiger partial charge < -0.3 is 80.0 Å². The van der Waals surface area contributed by atoms with Gasteiger partial charge in [-0.15, -0.1) is 0 Å². The van der Waals surface area contributed by atoms with Gasteiger partial charge in [0.25, 0.3) is 0 Å². The molecule has 0 spiro atoms. The molecule has 39 heteroatoms. The van der Waals surface area contributed by atoms with Crippen molar-refractivity contribution in [2.75, 3.05) is 139 Å². The van der Waals surface area contributed by atoms with Gasteiger partial charge in [0.2, 0.25) is 11.8 Å². The molecule has 4 fully saturated rings. The number of aromatic amines is 8. The number of aromatic nitrogens is 17. The number of halogens is 2. The van der Waals surface area contributed by atoms with Crippen molar-refractivity contribution in [2.24, 2.45) is 0 Å². The highest BCUT2D eigenvalue weighted by molar-refractivity contribution is 6.42. The predicted octanol–water partition coefficient (Wildman–Crippen LogP) is 13.7. The molecule has 7 aromatic carbocycles. The summed E-state index contributed by atoms with van der Waals surface area (Å²) in [6, 6.07) is 44.6. The van der Waals surface area contributed by atoms with E-state index in [0.29, 0.717) is 108 Å². The number of aryl methyl sites for hydroxylation is 3. The van der Waals surface area contributed by atoms with Gasteiger partial charge in [0.05, 0.1) is 169 Å². The lowest BCUT2D eigenvalue weighted by Crippen LogP contribution is -2.35. The van der Waals surface area contributed by atoms with Gasteiger partial charge in [-0.2, -0.15) is 20.4 Å². The Kier molecular flexibility index (Phi) is 28.6. The van der Waals surface area contributed by atoms with Crippen LogP contribution in [0.15, 0.2) is 169 Å². The van der Waals surface area contributed by atoms with Crippen molar-refractivity contribution in [2.45, 2.75) is 66.3 Å². The number of imidazole rings is 4. The quantitative estimate of drug-likeness (QED) is 0.0267. The first-order valence-corrected chi connectivity index (χ1v) is 43.8. The molecule has 6 amide bonds. The van der Waals surface area contributed by atoms with Crippen molar-refractivity contribution in [1.82, 2.24) is 111 Å². The number of fused-ring (bicyclic) bond motifs is 4. The minimum absolute atomic E-state index is 0.130. The number of hydrogen-bond donors (Lipinski definition) is 14. The summed E-state index contributed by atoms with van der Waals surface area (Å²) in [5, 5.41) is 49.9. The topological polar surface area (TPSA) is 455 Å². The van der Waals surface area contributed by atoms with Crippen LogP contribution < -0.4 is 36.6 Å². The van der Waals surface area contributed by atoms with E-state index >= 15 is 0 Å². The number of nitrogens with zero attached hydrogens (tertiary/aromatic N) is 13. The summed E-state index contributed by atoms with van der Waals surface area (Å²) in [5.74, 6) is 3.32. The van der Waals surface area contributed by atoms with Crippen molar-refractivity contribution >= 4 is 120 Å². The number of ether oxygens (including phenoxy) is 5. The molecule has 37 nitrogen and oxygen atoms in total. The SMILES string of the molecule is COc1ccc(C)cc1NC(=O)Cc1cn[nH]c1-c1nc2ccc(CN3CCOCC3)cc2[nH]1.Cc1noc(C)c1NC(=O)Nc1cn[nH]c1-c1nc2ccc(CN3CCOCC3)cc2[nH]1.O=C(Cc1cn[nH]c1-c1nc2ccc(CN3CCOCC3)cc2[nH]1)Nc1ccc(Cl)c(Cl)c1.O=C(NCc1ccccc1)Nc1cn[nH]c1-c1nc2ccc(CN3CCOCC3)cc2[nH]1. The van der Waals surface area contributed by atoms with Crippen LogP contribution in [0.25, 0.3) is 90.2 Å². The van der Waals surface area contributed by atoms with Crippen LogP contribution in [0.1, 0.15) is 56.0 Å². The van der Waals surface area contributed by atoms with E-state index in [2.05, 4.69) is 176 Å². The number of carbonyl (C=O) groups excluding carboxylic acids is 4. The standard InChI is InChI=1S/C25H28N6O3.C23H22Cl2N6O2.C23H25N7O2.C21H24N8O3/c1-16-3-6-22(33-2)21(11-16)27-23(32)13-18-14-26-30-24(18)25-28-19-5-4-17(12-20(19)29-25)15-31-7-9-34-10-8-31;24-17-3-2-16(11-18(17)25)27-21(32)10-15-12-26-30-22(15)23-28-19-4-1-14(9-20(19)29-23)13-31-5-7-33-8-6-31;31-23(24-13-16-4-2-1-3-5-16)28-20-14-25-29-21(20)22-26-18-7-6-17(12-19(18)27-22)15-30-8-10-32-11-9-30;1-12-18(13(2)32-28-12)26-21(30)25-17-10-22-27-19(17)20-23-15-4-3-14(9-16(15)24-20)11-29-5-7-31-8-6-29/h3-6,11-12,14H,7-10,13,15H2,1-2H3,(H,26,30)(H,27,32)(H,28,29);1-4,9,11-12H,5-8,10,13H2,(H,26,30)(H,27,32)(H,28,29);1-7,12,14H,8-11,13,15H2,(H,25,29)(H,26,27)(H2,24,28,31);3-4,9-10H,5-8,11H2,1-2H3,(H,22,27)(H,23,24)(H2,25,26,30). The fraction of sp³-hybridized carbons (Fsp3) is 0.293. The smallest absolute Gasteiger partial charge is 0.323 e. The molecular weight excluding hydrogens is 1710 g/mol. The molecule has 16 aromatic rings. The maximum Gasteiger partial charge on any atom is 0.323 e. The van der Waals surface area contributed by atoms with Crippen LogP contribution in [0, 0.1) is 20.8 Å². The number of rotatable bonds is 24. The zero-order chi connectivity index (χ0) is 90.1. The highest BCUT2D eigenvalue weighted by atomic mass is 35.5. The first-order chi connectivity index (χ1) is 63.9. The van der Waals surface area contributed by atoms with E-state index in [1.807, 2.05) is 79.7 Å². The highest BCUT2D eigenvalue weighted by Gasteiger charge is 2.25. The summed E-state index contributed by atoms with van der Waals surface area (Å²) < 4.78 is 32.2. The molecule has 0 unspecified atom stereocenters. The number of H-pyrrole nitrogens is 8. The molecule has 4 aliphatic rings. The van der Waals surface area contributed by atoms with Gasteiger partial charge in [-0.1, -0.05) is 89.0 Å². The summed E-state index contributed by atoms with van der Waals surface area (Å²) >= 11 is 12.0. The summed E-state index contributed by atoms with van der Waals surface area (Å²) in [7, 11) is 1.59. The normalized spacial score (nSPS) is 14.5. The number of hydrogen-bond acceptors (Lipinski definition) is 23. The third-order valence-corrected chi connectivity index (χ3v) is 23.2. The second kappa shape index (κ2) is 42.1. The third kappa shape index (κ3) is 23.0. The van der Waals surface area contributed by atoms with Gasteiger partial charge in [0.15, 0.2) is 29.1 Å². The van der Waals surface area contributed by atoms with Crippen molar-refractivity contribution in [3.8, 4) is 51.8 Å². The highest BCUT2D eigenvalue weighted by Crippen LogP contribution is 2.34. The minimum Gasteiger partial charge on any atom is -0.495 e. The summed E-state index contributed by atoms with van der Waals surface area (Å²) in [6.07, 6.45) is 6.71. The summed E-state index contributed by atoms with van der Waals surface area (Å²) in [4.78, 5) is 91.9. The van der Waals surface area contributed by atoms with Gasteiger partial charge in [-0.05, 0) is 133 Å². The van der Waals surface area contributed by atoms with Crippen molar-refractivity contribution < 1.29 is 47.4 Å². The number of nitrogens with one attached hydrogen (secondary N) is 14. The lowest BCUT2D eigenvalue weighted by Gasteiger charge is -2.26. The van der Waals surface area contributed by atoms with E-state index in [-0.39, 0.29) is 30.7 Å². The maximum absolute atomic E-state index is 12.8. The molecule has 20 rings (SSSR count). The molecule has 0 radical (unpaired) electrons. The Morgan fingerprint density at radius 1 is 0.412 bits per heavy atom. The Balaban J connectivity index is 0.000000122. The molecule has 0 bridgehead atoms. The molecule has 131 heavy (non-hydrogen) atoms. The second-order valence-electron chi connectivity index (χ2n) is 32.0. The Morgan fingerprint density at radius 2 is 0.824 bits per heavy atom. The number of urea groups is 2. The molecule has 9 aromatic heterocycles. The number of benzene rings is 7. The second-order valence-corrected chi connectivity index (χ2v) is 32.8. The predicted molar refractivity (Wildman–Crippen MR) is 499 cm³/mol. The zero-order valence-electron chi connectivity index (χ0n) is 72.5. The molecule has 4 aliphatic heterocycles. The van der Waals surface area contributed by atoms with Crippen LogP contribution in [0.4, 0.5) is 38.0 Å². The Labute approximate surface area is 761 Å². The van der Waals surface area contributed by atoms with Gasteiger partial charge in [0, 0.05) is 102 Å². The van der Waals surface area contributed by atoms with Gasteiger partial charge in [0.1, 0.15) is 39.9 Å². The fourth-order valence-corrected chi connectivity index (χ4v) is 16.0. The van der Waals surface area contributed by atoms with Gasteiger partial charge in [-0.3, -0.25) is 49.6 Å². The molecule has 4 saturated heterocycles. The summed E-state index contributed by atoms with van der Waals surface area (Å²) in [6.45, 7) is 23.2. The van der Waals surface area contributed by atoms with E-state index in [1.165, 1.54) is 22.3 Å². The average molecular weight is 1810 g/mol. The van der Waals surface area contributed by atoms with E-state index in [0.717, 1.165) is 198 Å². The Bertz CT molecular complexity index is 6600. The van der Waals surface area contributed by atoms with Gasteiger partial charge in [-0.25, -0.2) is 29.5 Å². The minimum atomic E-state index is -0.425. The Hall–Kier alpha value is -14.0. The lowest BCUT2D eigenvalue weighted by atomic mass is 10.1. The molecule has 0 aliphatic carbocycles. The summed E-state index contributed by atoms with van der Waals surface area (Å²) in [5.41, 5.74) is 21.7. The maximum atomic E-state index is 12.8. The van der Waals surface area contributed by atoms with E-state index < -0.39 is 6.03 Å². The van der Waals surface area contributed by atoms with Crippen molar-refractivity contribution in [3.05, 3.63) is 230 Å². The number of methoxy groups -OCH3 is 1. The number of morpholine rings is 4. The van der Waals surface area contributed by atoms with Crippen LogP contribution in [-0.4, -0.2) is 242 Å². The number of anilines is 5. The molecule has 13 heterocycles. The lowest BCUT2D eigenvalue weighted by molar-refractivity contribution is -0.116. The van der Waals surface area contributed by atoms with Crippen LogP contribution >= 0.6 is 23.2 Å². The fourth-order valence-electron chi connectivity index (χ4n) is 15.7. The van der Waals surface area contributed by atoms with E-state index in [4.69, 9.17) is 61.4 Å². The molecule has 676 valence electrons. The Morgan fingerprint density at radius 3 is 1.24 bits per heavy atom. The third-order valence-electron chi connectivity index (χ3n) is 22.5. The molecule has 0 saturated carbocycles. The first kappa shape index (κ1) is 89.0. The van der Waals surface area contributed by atoms with Crippen LogP contribution in [-0.2, 0) is 74.1 Å². The molecule has 14 N–H and O–H groups in total. The number of carbonyl (C=O) groups is 4. The zero-order valence-corrected chi connectivity index (χ0v) is 74.0. The van der Waals surface area contributed by atoms with Crippen LogP contribution in [0.5, 0.6) is 5.75 Å². The average Bonchev–Trinajstić information content (AvgIpc) is 1.66. The largest absolute Gasteiger partial charge is 0.495 e. The van der Waals surface area contributed by atoms with Crippen LogP contribution in [0.3, 0.4) is 0 Å². The van der Waals surface area contributed by atoms with Crippen molar-refractivity contribution in [1.29, 1.82) is 0 Å². The van der Waals surface area contributed by atoms with E-state index in [9.17, 15) is 19.2 Å². The van der Waals surface area contributed by atoms with Crippen LogP contribution in [0.2, 0.25) is 10.0 Å². The monoisotopic (exact) mass is 1810 g/mol. The van der Waals surface area contributed by atoms with E-state index in [1.54, 1.807) is 63.9 Å². The van der Waals surface area contributed by atoms with Gasteiger partial charge >= 0.3 is 12.1 Å². The number of amides is 6. The molecular formula is C92H99Cl2N27O10.